The molecule has 0 aliphatic heterocycles. The molecule has 1 atom stereocenters. The van der Waals surface area contributed by atoms with Gasteiger partial charge in [0.05, 0.1) is 11.5 Å². The number of nitrogens with one attached hydrogen (secondary N) is 2. The van der Waals surface area contributed by atoms with Crippen LogP contribution in [0.25, 0.3) is 0 Å². The molecule has 0 aliphatic rings. The van der Waals surface area contributed by atoms with Crippen molar-refractivity contribution in [2.24, 2.45) is 0 Å². The first kappa shape index (κ1) is 21.2. The Morgan fingerprint density at radius 1 is 0.963 bits per heavy atom. The van der Waals surface area contributed by atoms with Crippen LogP contribution < -0.4 is 9.44 Å². The molecular formula is C16H18F2N2O5S2. The van der Waals surface area contributed by atoms with E-state index >= 15 is 0 Å². The minimum Gasteiger partial charge on any atom is -0.383 e. The van der Waals surface area contributed by atoms with Crippen LogP contribution in [0.4, 0.5) is 14.5 Å². The van der Waals surface area contributed by atoms with Gasteiger partial charge in [-0.05, 0) is 43.3 Å². The van der Waals surface area contributed by atoms with E-state index in [1.165, 1.54) is 19.2 Å². The van der Waals surface area contributed by atoms with Crippen LogP contribution in [0.5, 0.6) is 0 Å². The molecular weight excluding hydrogens is 402 g/mol. The fourth-order valence-corrected chi connectivity index (χ4v) is 4.69. The Morgan fingerprint density at radius 2 is 1.52 bits per heavy atom. The first-order valence-electron chi connectivity index (χ1n) is 7.65. The van der Waals surface area contributed by atoms with Crippen molar-refractivity contribution in [3.8, 4) is 0 Å². The lowest BCUT2D eigenvalue weighted by molar-refractivity contribution is 0.180. The van der Waals surface area contributed by atoms with E-state index in [9.17, 15) is 25.6 Å². The number of ether oxygens (including phenoxy) is 1. The van der Waals surface area contributed by atoms with Crippen LogP contribution in [-0.4, -0.2) is 36.6 Å². The van der Waals surface area contributed by atoms with E-state index in [4.69, 9.17) is 4.74 Å². The summed E-state index contributed by atoms with van der Waals surface area (Å²) in [6, 6.07) is 6.88. The van der Waals surface area contributed by atoms with Gasteiger partial charge in [0.15, 0.2) is 4.90 Å². The van der Waals surface area contributed by atoms with Gasteiger partial charge in [-0.25, -0.2) is 30.3 Å². The molecule has 2 rings (SSSR count). The van der Waals surface area contributed by atoms with E-state index in [-0.39, 0.29) is 17.2 Å². The molecule has 0 aromatic heterocycles. The maximum absolute atomic E-state index is 13.7. The highest BCUT2D eigenvalue weighted by atomic mass is 32.2. The maximum Gasteiger partial charge on any atom is 0.267 e. The Balaban J connectivity index is 2.23. The molecule has 0 bridgehead atoms. The summed E-state index contributed by atoms with van der Waals surface area (Å²) < 4.78 is 85.5. The molecule has 0 spiro atoms. The molecule has 0 heterocycles. The molecule has 27 heavy (non-hydrogen) atoms. The predicted octanol–water partition coefficient (Wildman–Crippen LogP) is 2.08. The standard InChI is InChI=1S/C16H18F2N2O5S2/c1-11(10-25-2)19-26(21,22)13-8-6-12(7-9-13)20-27(23,24)16-14(17)4-3-5-15(16)18/h3-9,11,19-20H,10H2,1-2H3. The minimum absolute atomic E-state index is 0.0541. The van der Waals surface area contributed by atoms with Crippen molar-refractivity contribution in [1.82, 2.24) is 4.72 Å². The molecule has 0 radical (unpaired) electrons. The third kappa shape index (κ3) is 5.22. The van der Waals surface area contributed by atoms with Crippen molar-refractivity contribution in [3.05, 3.63) is 54.1 Å². The summed E-state index contributed by atoms with van der Waals surface area (Å²) in [7, 11) is -6.93. The van der Waals surface area contributed by atoms with Gasteiger partial charge in [0.1, 0.15) is 11.6 Å². The predicted molar refractivity (Wildman–Crippen MR) is 95.3 cm³/mol. The summed E-state index contributed by atoms with van der Waals surface area (Å²) in [6.07, 6.45) is 0. The molecule has 2 N–H and O–H groups in total. The van der Waals surface area contributed by atoms with Gasteiger partial charge < -0.3 is 4.74 Å². The molecule has 0 fully saturated rings. The summed E-state index contributed by atoms with van der Waals surface area (Å²) in [5, 5.41) is 0. The summed E-state index contributed by atoms with van der Waals surface area (Å²) in [6.45, 7) is 1.79. The highest BCUT2D eigenvalue weighted by Gasteiger charge is 2.24. The molecule has 0 amide bonds. The second-order valence-electron chi connectivity index (χ2n) is 5.66. The lowest BCUT2D eigenvalue weighted by atomic mass is 10.3. The smallest absolute Gasteiger partial charge is 0.267 e. The van der Waals surface area contributed by atoms with E-state index in [0.717, 1.165) is 30.3 Å². The third-order valence-corrected chi connectivity index (χ3v) is 6.41. The topological polar surface area (TPSA) is 102 Å². The molecule has 7 nitrogen and oxygen atoms in total. The van der Waals surface area contributed by atoms with Crippen LogP contribution >= 0.6 is 0 Å². The van der Waals surface area contributed by atoms with Crippen molar-refractivity contribution in [1.29, 1.82) is 0 Å². The zero-order valence-electron chi connectivity index (χ0n) is 14.4. The van der Waals surface area contributed by atoms with Gasteiger partial charge in [-0.15, -0.1) is 0 Å². The monoisotopic (exact) mass is 420 g/mol. The Hall–Kier alpha value is -2.08. The normalized spacial score (nSPS) is 13.3. The molecule has 11 heteroatoms. The van der Waals surface area contributed by atoms with Crippen LogP contribution in [0.1, 0.15) is 6.92 Å². The first-order valence-corrected chi connectivity index (χ1v) is 10.6. The van der Waals surface area contributed by atoms with Gasteiger partial charge in [0.25, 0.3) is 10.0 Å². The molecule has 148 valence electrons. The molecule has 2 aromatic carbocycles. The van der Waals surface area contributed by atoms with E-state index < -0.39 is 42.6 Å². The molecule has 0 aliphatic carbocycles. The van der Waals surface area contributed by atoms with Crippen LogP contribution in [0.3, 0.4) is 0 Å². The fourth-order valence-electron chi connectivity index (χ4n) is 2.26. The molecule has 0 saturated carbocycles. The van der Waals surface area contributed by atoms with Crippen molar-refractivity contribution >= 4 is 25.7 Å². The van der Waals surface area contributed by atoms with Crippen molar-refractivity contribution in [3.63, 3.8) is 0 Å². The highest BCUT2D eigenvalue weighted by molar-refractivity contribution is 7.92. The SMILES string of the molecule is COCC(C)NS(=O)(=O)c1ccc(NS(=O)(=O)c2c(F)cccc2F)cc1. The number of anilines is 1. The summed E-state index contributed by atoms with van der Waals surface area (Å²) in [4.78, 5) is -1.22. The summed E-state index contributed by atoms with van der Waals surface area (Å²) in [5.41, 5.74) is -0.0541. The Morgan fingerprint density at radius 3 is 2.04 bits per heavy atom. The van der Waals surface area contributed by atoms with E-state index in [0.29, 0.717) is 0 Å². The van der Waals surface area contributed by atoms with Gasteiger partial charge in [0, 0.05) is 18.8 Å². The zero-order chi connectivity index (χ0) is 20.2. The molecule has 2 aromatic rings. The van der Waals surface area contributed by atoms with Crippen molar-refractivity contribution < 1.29 is 30.4 Å². The average molecular weight is 420 g/mol. The van der Waals surface area contributed by atoms with Crippen molar-refractivity contribution in [2.45, 2.75) is 22.8 Å². The number of rotatable bonds is 8. The molecule has 1 unspecified atom stereocenters. The van der Waals surface area contributed by atoms with E-state index in [2.05, 4.69) is 4.72 Å². The van der Waals surface area contributed by atoms with E-state index in [1.54, 1.807) is 6.92 Å². The lowest BCUT2D eigenvalue weighted by Crippen LogP contribution is -2.35. The second kappa shape index (κ2) is 8.30. The number of sulfonamides is 2. The number of methoxy groups -OCH3 is 1. The van der Waals surface area contributed by atoms with Crippen LogP contribution in [0, 0.1) is 11.6 Å². The van der Waals surface area contributed by atoms with Crippen LogP contribution in [-0.2, 0) is 24.8 Å². The van der Waals surface area contributed by atoms with E-state index in [1.807, 2.05) is 4.72 Å². The summed E-state index contributed by atoms with van der Waals surface area (Å²) in [5.74, 6) is -2.48. The molecule has 0 saturated heterocycles. The summed E-state index contributed by atoms with van der Waals surface area (Å²) >= 11 is 0. The lowest BCUT2D eigenvalue weighted by Gasteiger charge is -2.14. The van der Waals surface area contributed by atoms with Crippen LogP contribution in [0.15, 0.2) is 52.3 Å². The van der Waals surface area contributed by atoms with Crippen molar-refractivity contribution in [2.75, 3.05) is 18.4 Å². The van der Waals surface area contributed by atoms with Gasteiger partial charge in [-0.2, -0.15) is 0 Å². The second-order valence-corrected chi connectivity index (χ2v) is 8.99. The van der Waals surface area contributed by atoms with Gasteiger partial charge in [-0.3, -0.25) is 4.72 Å². The average Bonchev–Trinajstić information content (AvgIpc) is 2.54. The van der Waals surface area contributed by atoms with Gasteiger partial charge >= 0.3 is 0 Å². The number of benzene rings is 2. The zero-order valence-corrected chi connectivity index (χ0v) is 16.1. The minimum atomic E-state index is -4.53. The first-order chi connectivity index (χ1) is 12.6. The van der Waals surface area contributed by atoms with Crippen LogP contribution in [0.2, 0.25) is 0 Å². The fraction of sp³-hybridized carbons (Fsp3) is 0.250. The Bertz CT molecular complexity index is 989. The third-order valence-electron chi connectivity index (χ3n) is 3.38. The van der Waals surface area contributed by atoms with Gasteiger partial charge in [0.2, 0.25) is 10.0 Å². The highest BCUT2D eigenvalue weighted by Crippen LogP contribution is 2.22. The van der Waals surface area contributed by atoms with Gasteiger partial charge in [-0.1, -0.05) is 6.07 Å². The number of hydrogen-bond donors (Lipinski definition) is 2. The number of halogens is 2. The maximum atomic E-state index is 13.7. The largest absolute Gasteiger partial charge is 0.383 e. The Labute approximate surface area is 156 Å². The quantitative estimate of drug-likeness (QED) is 0.681. The Kier molecular flexibility index (Phi) is 6.52. The number of hydrogen-bond acceptors (Lipinski definition) is 5.